The molecule has 4 amide bonds. The molecule has 0 radical (unpaired) electrons. The van der Waals surface area contributed by atoms with Crippen LogP contribution in [0.2, 0.25) is 0 Å². The zero-order chi connectivity index (χ0) is 14.1. The molecule has 0 aliphatic rings. The lowest BCUT2D eigenvalue weighted by Gasteiger charge is -1.97. The van der Waals surface area contributed by atoms with Gasteiger partial charge >= 0.3 is 31.9 Å². The van der Waals surface area contributed by atoms with E-state index < -0.39 is 45.3 Å². The Balaban J connectivity index is 3.67. The normalized spacial score (nSPS) is 9.33. The molecule has 18 heavy (non-hydrogen) atoms. The maximum absolute atomic E-state index is 10.9. The maximum atomic E-state index is 10.9. The number of hydrogen-bond donors (Lipinski definition) is 4. The van der Waals surface area contributed by atoms with Gasteiger partial charge in [0, 0.05) is 4.57 Å². The van der Waals surface area contributed by atoms with E-state index in [-0.39, 0.29) is 0 Å². The molecule has 12 heteroatoms. The SMILES string of the molecule is NC(=O)C(=O)NCO[P+](=O)OCNC(=O)C(N)=O. The molecule has 0 bridgehead atoms. The molecule has 0 aromatic rings. The number of rotatable bonds is 6. The lowest BCUT2D eigenvalue weighted by Crippen LogP contribution is -2.37. The lowest BCUT2D eigenvalue weighted by atomic mass is 10.6. The number of carbonyl (C=O) groups excluding carboxylic acids is 4. The summed E-state index contributed by atoms with van der Waals surface area (Å²) in [7, 11) is -2.66. The van der Waals surface area contributed by atoms with Gasteiger partial charge in [0.05, 0.1) is 0 Å². The van der Waals surface area contributed by atoms with Crippen molar-refractivity contribution in [3.05, 3.63) is 0 Å². The highest BCUT2D eigenvalue weighted by Gasteiger charge is 2.22. The van der Waals surface area contributed by atoms with Crippen molar-refractivity contribution in [2.75, 3.05) is 13.5 Å². The summed E-state index contributed by atoms with van der Waals surface area (Å²) >= 11 is 0. The molecular weight excluding hydrogens is 271 g/mol. The van der Waals surface area contributed by atoms with Crippen LogP contribution in [-0.4, -0.2) is 37.1 Å². The van der Waals surface area contributed by atoms with Crippen LogP contribution in [0.25, 0.3) is 0 Å². The molecule has 0 aliphatic heterocycles. The molecule has 0 unspecified atom stereocenters. The smallest absolute Gasteiger partial charge is 0.361 e. The van der Waals surface area contributed by atoms with Crippen LogP contribution in [-0.2, 0) is 32.8 Å². The van der Waals surface area contributed by atoms with Crippen LogP contribution < -0.4 is 22.1 Å². The van der Waals surface area contributed by atoms with Crippen LogP contribution in [0.5, 0.6) is 0 Å². The van der Waals surface area contributed by atoms with Gasteiger partial charge in [0.15, 0.2) is 13.5 Å². The van der Waals surface area contributed by atoms with Crippen molar-refractivity contribution in [3.8, 4) is 0 Å². The lowest BCUT2D eigenvalue weighted by molar-refractivity contribution is -0.138. The second kappa shape index (κ2) is 8.06. The average molecular weight is 281 g/mol. The van der Waals surface area contributed by atoms with Crippen LogP contribution in [0.1, 0.15) is 0 Å². The third-order valence-corrected chi connectivity index (χ3v) is 1.93. The van der Waals surface area contributed by atoms with Gasteiger partial charge in [-0.15, -0.1) is 0 Å². The Kier molecular flexibility index (Phi) is 7.12. The summed E-state index contributed by atoms with van der Waals surface area (Å²) in [6, 6.07) is 0. The Bertz CT molecular complexity index is 350. The summed E-state index contributed by atoms with van der Waals surface area (Å²) < 4.78 is 19.7. The third kappa shape index (κ3) is 7.22. The molecule has 100 valence electrons. The topological polar surface area (TPSA) is 180 Å². The molecule has 11 nitrogen and oxygen atoms in total. The highest BCUT2D eigenvalue weighted by Crippen LogP contribution is 2.21. The summed E-state index contributed by atoms with van der Waals surface area (Å²) in [5, 5.41) is 3.74. The largest absolute Gasteiger partial charge is 0.701 e. The van der Waals surface area contributed by atoms with Crippen LogP contribution >= 0.6 is 8.25 Å². The number of nitrogens with one attached hydrogen (secondary N) is 2. The molecule has 0 rings (SSSR count). The Hall–Kier alpha value is -2.10. The van der Waals surface area contributed by atoms with E-state index in [1.807, 2.05) is 10.6 Å². The third-order valence-electron chi connectivity index (χ3n) is 1.25. The molecule has 0 saturated heterocycles. The average Bonchev–Trinajstić information content (AvgIpc) is 2.28. The van der Waals surface area contributed by atoms with Gasteiger partial charge in [-0.25, -0.2) is 0 Å². The standard InChI is InChI=1S/C6H9N4O7P/c7-3(11)5(13)9-1-16-18(15)17-2-10-6(14)4(8)12/h1-2H2,(H5-,7,8,9,10,11,12,13,14)/p+1. The molecular formula is C6H10N4O7P+. The van der Waals surface area contributed by atoms with Gasteiger partial charge in [0.1, 0.15) is 0 Å². The second-order valence-electron chi connectivity index (χ2n) is 2.51. The number of nitrogens with two attached hydrogens (primary N) is 2. The second-order valence-corrected chi connectivity index (χ2v) is 3.47. The van der Waals surface area contributed by atoms with Crippen molar-refractivity contribution < 1.29 is 32.8 Å². The molecule has 0 spiro atoms. The van der Waals surface area contributed by atoms with E-state index in [0.717, 1.165) is 0 Å². The zero-order valence-electron chi connectivity index (χ0n) is 8.87. The summed E-state index contributed by atoms with van der Waals surface area (Å²) in [4.78, 5) is 41.7. The van der Waals surface area contributed by atoms with Gasteiger partial charge in [-0.2, -0.15) is 0 Å². The van der Waals surface area contributed by atoms with Crippen LogP contribution in [0, 0.1) is 0 Å². The highest BCUT2D eigenvalue weighted by molar-refractivity contribution is 7.33. The van der Waals surface area contributed by atoms with Crippen LogP contribution in [0.15, 0.2) is 0 Å². The summed E-state index contributed by atoms with van der Waals surface area (Å²) in [6.07, 6.45) is 0. The van der Waals surface area contributed by atoms with Crippen LogP contribution in [0.4, 0.5) is 0 Å². The number of hydrogen-bond acceptors (Lipinski definition) is 7. The summed E-state index contributed by atoms with van der Waals surface area (Å²) in [5.74, 6) is -4.72. The molecule has 0 atom stereocenters. The monoisotopic (exact) mass is 281 g/mol. The van der Waals surface area contributed by atoms with E-state index >= 15 is 0 Å². The van der Waals surface area contributed by atoms with Crippen molar-refractivity contribution >= 4 is 31.9 Å². The fourth-order valence-corrected chi connectivity index (χ4v) is 0.927. The molecule has 0 fully saturated rings. The van der Waals surface area contributed by atoms with Gasteiger partial charge < -0.3 is 22.1 Å². The number of carbonyl (C=O) groups is 4. The Morgan fingerprint density at radius 3 is 1.50 bits per heavy atom. The molecule has 0 aromatic carbocycles. The fourth-order valence-electron chi connectivity index (χ4n) is 0.513. The Morgan fingerprint density at radius 2 is 1.22 bits per heavy atom. The molecule has 0 heterocycles. The summed E-state index contributed by atoms with van der Waals surface area (Å²) in [6.45, 7) is -1.17. The van der Waals surface area contributed by atoms with E-state index in [2.05, 4.69) is 20.5 Å². The van der Waals surface area contributed by atoms with E-state index in [1.54, 1.807) is 0 Å². The number of amides is 4. The quantitative estimate of drug-likeness (QED) is 0.224. The van der Waals surface area contributed by atoms with Gasteiger partial charge in [-0.3, -0.25) is 19.2 Å². The Labute approximate surface area is 101 Å². The predicted octanol–water partition coefficient (Wildman–Crippen LogP) is -3.20. The molecule has 6 N–H and O–H groups in total. The first-order valence-corrected chi connectivity index (χ1v) is 5.32. The molecule has 0 saturated carbocycles. The first-order chi connectivity index (χ1) is 8.34. The van der Waals surface area contributed by atoms with Gasteiger partial charge in [-0.05, 0) is 0 Å². The molecule has 0 aliphatic carbocycles. The first-order valence-electron chi connectivity index (χ1n) is 4.23. The van der Waals surface area contributed by atoms with Crippen molar-refractivity contribution in [1.29, 1.82) is 0 Å². The van der Waals surface area contributed by atoms with E-state index in [0.29, 0.717) is 0 Å². The highest BCUT2D eigenvalue weighted by atomic mass is 31.1. The fraction of sp³-hybridized carbons (Fsp3) is 0.333. The minimum absolute atomic E-state index is 0.583. The first kappa shape index (κ1) is 15.9. The van der Waals surface area contributed by atoms with Crippen molar-refractivity contribution in [2.24, 2.45) is 11.5 Å². The van der Waals surface area contributed by atoms with Gasteiger partial charge in [0.25, 0.3) is 0 Å². The summed E-state index contributed by atoms with van der Waals surface area (Å²) in [5.41, 5.74) is 9.19. The minimum Gasteiger partial charge on any atom is -0.361 e. The van der Waals surface area contributed by atoms with Crippen LogP contribution in [0.3, 0.4) is 0 Å². The van der Waals surface area contributed by atoms with Crippen molar-refractivity contribution in [3.63, 3.8) is 0 Å². The Morgan fingerprint density at radius 1 is 0.889 bits per heavy atom. The van der Waals surface area contributed by atoms with Crippen molar-refractivity contribution in [1.82, 2.24) is 10.6 Å². The minimum atomic E-state index is -2.66. The maximum Gasteiger partial charge on any atom is 0.701 e. The zero-order valence-corrected chi connectivity index (χ0v) is 9.77. The number of primary amides is 2. The van der Waals surface area contributed by atoms with E-state index in [1.165, 1.54) is 0 Å². The van der Waals surface area contributed by atoms with Crippen molar-refractivity contribution in [2.45, 2.75) is 0 Å². The van der Waals surface area contributed by atoms with E-state index in [9.17, 15) is 23.7 Å². The van der Waals surface area contributed by atoms with E-state index in [4.69, 9.17) is 0 Å². The van der Waals surface area contributed by atoms with Gasteiger partial charge in [0.2, 0.25) is 0 Å². The predicted molar refractivity (Wildman–Crippen MR) is 54.2 cm³/mol. The van der Waals surface area contributed by atoms with Gasteiger partial charge in [-0.1, -0.05) is 9.05 Å². The molecule has 0 aromatic heterocycles.